The molecule has 6 aromatic rings. The van der Waals surface area contributed by atoms with Gasteiger partial charge in [-0.05, 0) is 89.0 Å². The number of aromatic nitrogens is 6. The monoisotopic (exact) mass is 902 g/mol. The quantitative estimate of drug-likeness (QED) is 0.121. The normalized spacial score (nSPS) is 15.4. The minimum atomic E-state index is -0.606. The Morgan fingerprint density at radius 1 is 0.629 bits per heavy atom. The lowest BCUT2D eigenvalue weighted by Crippen LogP contribution is -2.34. The molecule has 0 bridgehead atoms. The molecule has 0 radical (unpaired) electrons. The Labute approximate surface area is 376 Å². The summed E-state index contributed by atoms with van der Waals surface area (Å²) in [5, 5.41) is 9.78. The number of hydrogen-bond donors (Lipinski definition) is 1. The van der Waals surface area contributed by atoms with Crippen molar-refractivity contribution in [2.24, 2.45) is 0 Å². The van der Waals surface area contributed by atoms with Gasteiger partial charge in [0.05, 0.1) is 6.61 Å². The first-order valence-electron chi connectivity index (χ1n) is 21.0. The molecule has 2 aliphatic heterocycles. The van der Waals surface area contributed by atoms with E-state index in [-0.39, 0.29) is 22.8 Å². The first kappa shape index (κ1) is 46.6. The van der Waals surface area contributed by atoms with Crippen molar-refractivity contribution in [2.45, 2.75) is 104 Å². The van der Waals surface area contributed by atoms with E-state index in [4.69, 9.17) is 44.3 Å². The Hall–Kier alpha value is -4.85. The van der Waals surface area contributed by atoms with Crippen LogP contribution in [-0.4, -0.2) is 51.2 Å². The van der Waals surface area contributed by atoms with E-state index in [9.17, 15) is 19.5 Å². The molecule has 0 saturated carbocycles. The van der Waals surface area contributed by atoms with Crippen molar-refractivity contribution in [3.05, 3.63) is 167 Å². The number of aliphatic hydroxyl groups is 1. The fraction of sp³-hybridized carbons (Fsp3) is 0.404. The number of ether oxygens (including phenoxy) is 2. The summed E-state index contributed by atoms with van der Waals surface area (Å²) in [7, 11) is 0. The number of pyridine rings is 1. The fourth-order valence-electron chi connectivity index (χ4n) is 7.71. The van der Waals surface area contributed by atoms with Gasteiger partial charge in [0.25, 0.3) is 16.7 Å². The van der Waals surface area contributed by atoms with Crippen molar-refractivity contribution >= 4 is 40.4 Å². The van der Waals surface area contributed by atoms with Crippen LogP contribution in [0.4, 0.5) is 0 Å². The molecule has 2 aromatic carbocycles. The van der Waals surface area contributed by atoms with Crippen molar-refractivity contribution in [3.63, 3.8) is 0 Å². The second-order valence-corrected chi connectivity index (χ2v) is 16.3. The number of alkyl halides is 3. The van der Waals surface area contributed by atoms with Gasteiger partial charge in [-0.1, -0.05) is 60.7 Å². The van der Waals surface area contributed by atoms with E-state index < -0.39 is 6.10 Å². The highest BCUT2D eigenvalue weighted by molar-refractivity contribution is 6.18. The van der Waals surface area contributed by atoms with Gasteiger partial charge in [-0.25, -0.2) is 15.0 Å². The maximum absolute atomic E-state index is 12.7. The lowest BCUT2D eigenvalue weighted by atomic mass is 10.1. The van der Waals surface area contributed by atoms with E-state index in [0.29, 0.717) is 109 Å². The van der Waals surface area contributed by atoms with Crippen LogP contribution in [-0.2, 0) is 50.3 Å². The highest BCUT2D eigenvalue weighted by atomic mass is 35.5. The number of aryl methyl sites for hydroxylation is 3. The average Bonchev–Trinajstić information content (AvgIpc) is 3.28. The zero-order valence-corrected chi connectivity index (χ0v) is 37.6. The summed E-state index contributed by atoms with van der Waals surface area (Å²) in [6.45, 7) is 7.83. The van der Waals surface area contributed by atoms with Gasteiger partial charge in [0.2, 0.25) is 0 Å². The van der Waals surface area contributed by atoms with E-state index in [1.54, 1.807) is 28.3 Å². The van der Waals surface area contributed by atoms with E-state index in [2.05, 4.69) is 15.0 Å². The lowest BCUT2D eigenvalue weighted by Gasteiger charge is -2.27. The predicted molar refractivity (Wildman–Crippen MR) is 244 cm³/mol. The Morgan fingerprint density at radius 3 is 1.71 bits per heavy atom. The van der Waals surface area contributed by atoms with Crippen LogP contribution >= 0.6 is 34.8 Å². The molecule has 4 aromatic heterocycles. The van der Waals surface area contributed by atoms with Crippen LogP contribution in [0.1, 0.15) is 94.4 Å². The second kappa shape index (κ2) is 22.5. The van der Waals surface area contributed by atoms with Crippen LogP contribution in [0, 0.1) is 20.8 Å². The van der Waals surface area contributed by atoms with Crippen LogP contribution in [0.2, 0.25) is 0 Å². The number of hydrogen-bond acceptors (Lipinski definition) is 9. The van der Waals surface area contributed by atoms with E-state index in [1.165, 1.54) is 4.40 Å². The molecular formula is C47H53Cl3N6O6. The summed E-state index contributed by atoms with van der Waals surface area (Å²) in [6.07, 6.45) is 5.91. The minimum absolute atomic E-state index is 0.0399. The van der Waals surface area contributed by atoms with Crippen LogP contribution in [0.3, 0.4) is 0 Å². The fourth-order valence-corrected chi connectivity index (χ4v) is 8.28. The summed E-state index contributed by atoms with van der Waals surface area (Å²) in [6, 6.07) is 23.6. The number of nitrogens with zero attached hydrogens (tertiary/aromatic N) is 6. The zero-order chi connectivity index (χ0) is 44.2. The standard InChI is InChI=1S/C18H21ClN2O2.C18H17ClN2O2.C11H15ClN2O2/c2*1-13-15(9-10-19)18(22)21-11-5-8-16(17(21)20-13)23-12-14-6-3-2-4-7-14;1-7-8(4-5-12)11(16)14-6-2-3-9(15)10(14)13-7/h2-4,6-7,16H,5,8-12H2,1H3;2-8,11H,9-10,12H2,1H3;9,15H,2-6H2,1H3. The van der Waals surface area contributed by atoms with Crippen molar-refractivity contribution in [3.8, 4) is 5.75 Å². The van der Waals surface area contributed by atoms with Crippen LogP contribution in [0.15, 0.2) is 93.4 Å². The molecule has 2 unspecified atom stereocenters. The smallest absolute Gasteiger partial charge is 0.261 e. The van der Waals surface area contributed by atoms with Crippen LogP contribution in [0.5, 0.6) is 5.75 Å². The minimum Gasteiger partial charge on any atom is -0.485 e. The average molecular weight is 904 g/mol. The molecule has 6 heterocycles. The van der Waals surface area contributed by atoms with Gasteiger partial charge < -0.3 is 14.6 Å². The van der Waals surface area contributed by atoms with Crippen molar-refractivity contribution < 1.29 is 14.6 Å². The second-order valence-electron chi connectivity index (χ2n) is 15.2. The van der Waals surface area contributed by atoms with Crippen molar-refractivity contribution in [1.82, 2.24) is 28.5 Å². The Balaban J connectivity index is 0.000000158. The van der Waals surface area contributed by atoms with Crippen LogP contribution < -0.4 is 21.4 Å². The van der Waals surface area contributed by atoms with Crippen LogP contribution in [0.25, 0.3) is 5.65 Å². The molecule has 2 atom stereocenters. The lowest BCUT2D eigenvalue weighted by molar-refractivity contribution is 0.0143. The zero-order valence-electron chi connectivity index (χ0n) is 35.4. The number of aliphatic hydroxyl groups excluding tert-OH is 1. The van der Waals surface area contributed by atoms with Gasteiger partial charge in [0.15, 0.2) is 11.4 Å². The summed E-state index contributed by atoms with van der Waals surface area (Å²) >= 11 is 17.3. The molecule has 8 rings (SSSR count). The molecule has 328 valence electrons. The molecule has 0 amide bonds. The molecule has 1 N–H and O–H groups in total. The van der Waals surface area contributed by atoms with Gasteiger partial charge >= 0.3 is 0 Å². The van der Waals surface area contributed by atoms with Gasteiger partial charge in [-0.15, -0.1) is 34.8 Å². The number of fused-ring (bicyclic) bond motifs is 3. The molecule has 2 aliphatic rings. The summed E-state index contributed by atoms with van der Waals surface area (Å²) in [5.74, 6) is 3.10. The first-order chi connectivity index (χ1) is 30.1. The van der Waals surface area contributed by atoms with E-state index in [0.717, 1.165) is 47.5 Å². The molecule has 12 nitrogen and oxygen atoms in total. The maximum atomic E-state index is 12.7. The Kier molecular flexibility index (Phi) is 16.9. The third kappa shape index (κ3) is 11.2. The number of benzene rings is 2. The number of halogens is 3. The first-order valence-corrected chi connectivity index (χ1v) is 22.6. The molecule has 0 aliphatic carbocycles. The highest BCUT2D eigenvalue weighted by Gasteiger charge is 2.26. The number of rotatable bonds is 12. The highest BCUT2D eigenvalue weighted by Crippen LogP contribution is 2.28. The largest absolute Gasteiger partial charge is 0.485 e. The predicted octanol–water partition coefficient (Wildman–Crippen LogP) is 7.91. The van der Waals surface area contributed by atoms with Gasteiger partial charge in [0, 0.05) is 70.7 Å². The Morgan fingerprint density at radius 2 is 1.13 bits per heavy atom. The molecular weight excluding hydrogens is 851 g/mol. The van der Waals surface area contributed by atoms with E-state index in [1.807, 2.05) is 80.6 Å². The third-order valence-electron chi connectivity index (χ3n) is 11.0. The molecule has 15 heteroatoms. The van der Waals surface area contributed by atoms with E-state index >= 15 is 0 Å². The summed E-state index contributed by atoms with van der Waals surface area (Å²) < 4.78 is 16.8. The molecule has 62 heavy (non-hydrogen) atoms. The maximum Gasteiger partial charge on any atom is 0.261 e. The summed E-state index contributed by atoms with van der Waals surface area (Å²) in [5.41, 5.74) is 6.86. The van der Waals surface area contributed by atoms with Crippen molar-refractivity contribution in [2.75, 3.05) is 17.6 Å². The molecule has 0 spiro atoms. The Bertz CT molecular complexity index is 2620. The molecule has 0 saturated heterocycles. The third-order valence-corrected chi connectivity index (χ3v) is 11.5. The van der Waals surface area contributed by atoms with Gasteiger partial charge in [0.1, 0.15) is 30.5 Å². The SMILES string of the molecule is Cc1nc2c(OCc3ccccc3)cccn2c(=O)c1CCCl.Cc1nc2n(c(=O)c1CCCl)CCCC2O.Cc1nc2n(c(=O)c1CCCl)CCCC2OCc1ccccc1. The summed E-state index contributed by atoms with van der Waals surface area (Å²) in [4.78, 5) is 50.9. The molecule has 0 fully saturated rings. The van der Waals surface area contributed by atoms with Gasteiger partial charge in [-0.2, -0.15) is 0 Å². The topological polar surface area (TPSA) is 143 Å². The van der Waals surface area contributed by atoms with Crippen molar-refractivity contribution in [1.29, 1.82) is 0 Å². The van der Waals surface area contributed by atoms with Gasteiger partial charge in [-0.3, -0.25) is 27.9 Å².